The van der Waals surface area contributed by atoms with Gasteiger partial charge >= 0.3 is 0 Å². The molecule has 6 heteroatoms. The second kappa shape index (κ2) is 9.80. The largest absolute Gasteiger partial charge is 0.494 e. The highest BCUT2D eigenvalue weighted by Gasteiger charge is 2.13. The number of sulfonamides is 1. The summed E-state index contributed by atoms with van der Waals surface area (Å²) in [6, 6.07) is 21.3. The lowest BCUT2D eigenvalue weighted by Gasteiger charge is -2.09. The van der Waals surface area contributed by atoms with E-state index in [1.54, 1.807) is 24.3 Å². The van der Waals surface area contributed by atoms with Gasteiger partial charge in [0.1, 0.15) is 5.75 Å². The number of nitrogens with two attached hydrogens (primary N) is 1. The quantitative estimate of drug-likeness (QED) is 0.607. The summed E-state index contributed by atoms with van der Waals surface area (Å²) in [6.07, 6.45) is 0. The van der Waals surface area contributed by atoms with Gasteiger partial charge in [0.05, 0.1) is 11.5 Å². The van der Waals surface area contributed by atoms with E-state index in [9.17, 15) is 8.42 Å². The van der Waals surface area contributed by atoms with E-state index in [0.29, 0.717) is 18.0 Å². The van der Waals surface area contributed by atoms with Crippen LogP contribution in [0.4, 0.5) is 11.4 Å². The van der Waals surface area contributed by atoms with Gasteiger partial charge in [-0.3, -0.25) is 4.72 Å². The second-order valence-electron chi connectivity index (χ2n) is 6.29. The third-order valence-corrected chi connectivity index (χ3v) is 5.22. The standard InChI is InChI=1S/C15H17NO3S.C7H9N/c1-3-19-14-8-10-15(11-9-14)20(17,18)16-13-6-4-12(2)5-7-13;1-6-2-4-7(8)5-3-6/h4-11,16H,3H2,1-2H3;2-5H,8H2,1H3. The number of rotatable bonds is 5. The molecule has 0 fully saturated rings. The van der Waals surface area contributed by atoms with Crippen molar-refractivity contribution in [3.63, 3.8) is 0 Å². The Kier molecular flexibility index (Phi) is 7.46. The van der Waals surface area contributed by atoms with Gasteiger partial charge in [0, 0.05) is 11.4 Å². The lowest BCUT2D eigenvalue weighted by Crippen LogP contribution is -2.12. The summed E-state index contributed by atoms with van der Waals surface area (Å²) < 4.78 is 32.2. The maximum Gasteiger partial charge on any atom is 0.261 e. The van der Waals surface area contributed by atoms with E-state index in [1.165, 1.54) is 17.7 Å². The van der Waals surface area contributed by atoms with Crippen LogP contribution in [0.2, 0.25) is 0 Å². The monoisotopic (exact) mass is 398 g/mol. The predicted molar refractivity (Wildman–Crippen MR) is 115 cm³/mol. The minimum Gasteiger partial charge on any atom is -0.494 e. The van der Waals surface area contributed by atoms with E-state index < -0.39 is 10.0 Å². The van der Waals surface area contributed by atoms with E-state index in [0.717, 1.165) is 11.3 Å². The Balaban J connectivity index is 0.000000292. The summed E-state index contributed by atoms with van der Waals surface area (Å²) in [5.41, 5.74) is 9.13. The molecule has 0 radical (unpaired) electrons. The van der Waals surface area contributed by atoms with E-state index in [4.69, 9.17) is 10.5 Å². The van der Waals surface area contributed by atoms with Crippen LogP contribution in [0.3, 0.4) is 0 Å². The van der Waals surface area contributed by atoms with Gasteiger partial charge in [0.15, 0.2) is 0 Å². The average Bonchev–Trinajstić information content (AvgIpc) is 2.67. The number of nitrogen functional groups attached to an aromatic ring is 1. The Bertz CT molecular complexity index is 945. The molecule has 148 valence electrons. The van der Waals surface area contributed by atoms with Crippen molar-refractivity contribution in [1.82, 2.24) is 0 Å². The van der Waals surface area contributed by atoms with Crippen molar-refractivity contribution in [3.8, 4) is 5.75 Å². The number of ether oxygens (including phenoxy) is 1. The van der Waals surface area contributed by atoms with E-state index in [-0.39, 0.29) is 4.90 Å². The van der Waals surface area contributed by atoms with Crippen molar-refractivity contribution in [3.05, 3.63) is 83.9 Å². The van der Waals surface area contributed by atoms with Crippen LogP contribution in [0.25, 0.3) is 0 Å². The molecule has 0 aromatic heterocycles. The first-order chi connectivity index (χ1) is 13.3. The van der Waals surface area contributed by atoms with Gasteiger partial charge in [0.25, 0.3) is 10.0 Å². The van der Waals surface area contributed by atoms with Gasteiger partial charge < -0.3 is 10.5 Å². The number of nitrogens with one attached hydrogen (secondary N) is 1. The van der Waals surface area contributed by atoms with Crippen molar-refractivity contribution in [2.45, 2.75) is 25.7 Å². The first-order valence-corrected chi connectivity index (χ1v) is 10.4. The maximum atomic E-state index is 12.2. The molecule has 0 saturated heterocycles. The lowest BCUT2D eigenvalue weighted by molar-refractivity contribution is 0.340. The van der Waals surface area contributed by atoms with Gasteiger partial charge in [-0.2, -0.15) is 0 Å². The molecular weight excluding hydrogens is 372 g/mol. The van der Waals surface area contributed by atoms with Crippen molar-refractivity contribution in [2.24, 2.45) is 0 Å². The summed E-state index contributed by atoms with van der Waals surface area (Å²) in [5.74, 6) is 0.654. The smallest absolute Gasteiger partial charge is 0.261 e. The van der Waals surface area contributed by atoms with Crippen molar-refractivity contribution < 1.29 is 13.2 Å². The van der Waals surface area contributed by atoms with Gasteiger partial charge in [0.2, 0.25) is 0 Å². The average molecular weight is 399 g/mol. The van der Waals surface area contributed by atoms with Crippen LogP contribution in [0.15, 0.2) is 77.7 Å². The Morgan fingerprint density at radius 1 is 0.821 bits per heavy atom. The fraction of sp³-hybridized carbons (Fsp3) is 0.182. The molecule has 0 amide bonds. The van der Waals surface area contributed by atoms with Gasteiger partial charge in [-0.05, 0) is 69.3 Å². The molecule has 3 N–H and O–H groups in total. The zero-order chi connectivity index (χ0) is 20.6. The zero-order valence-corrected chi connectivity index (χ0v) is 17.2. The SMILES string of the molecule is CCOc1ccc(S(=O)(=O)Nc2ccc(C)cc2)cc1.Cc1ccc(N)cc1. The lowest BCUT2D eigenvalue weighted by atomic mass is 10.2. The fourth-order valence-corrected chi connectivity index (χ4v) is 3.34. The summed E-state index contributed by atoms with van der Waals surface area (Å²) in [5, 5.41) is 0. The van der Waals surface area contributed by atoms with Crippen molar-refractivity contribution in [1.29, 1.82) is 0 Å². The first kappa shape index (κ1) is 21.3. The molecule has 0 aliphatic heterocycles. The molecule has 0 heterocycles. The van der Waals surface area contributed by atoms with Crippen LogP contribution in [0.1, 0.15) is 18.1 Å². The summed E-state index contributed by atoms with van der Waals surface area (Å²) in [4.78, 5) is 0.210. The first-order valence-electron chi connectivity index (χ1n) is 8.94. The molecule has 3 rings (SSSR count). The molecular formula is C22H26N2O3S. The predicted octanol–water partition coefficient (Wildman–Crippen LogP) is 4.77. The van der Waals surface area contributed by atoms with Gasteiger partial charge in [-0.15, -0.1) is 0 Å². The molecule has 3 aromatic rings. The van der Waals surface area contributed by atoms with E-state index in [2.05, 4.69) is 4.72 Å². The van der Waals surface area contributed by atoms with Crippen LogP contribution in [-0.2, 0) is 10.0 Å². The Labute approximate surface area is 167 Å². The highest BCUT2D eigenvalue weighted by molar-refractivity contribution is 7.92. The van der Waals surface area contributed by atoms with Crippen LogP contribution < -0.4 is 15.2 Å². The highest BCUT2D eigenvalue weighted by atomic mass is 32.2. The normalized spacial score (nSPS) is 10.5. The topological polar surface area (TPSA) is 81.4 Å². The molecule has 0 atom stereocenters. The Morgan fingerprint density at radius 3 is 1.79 bits per heavy atom. The summed E-state index contributed by atoms with van der Waals surface area (Å²) >= 11 is 0. The third-order valence-electron chi connectivity index (χ3n) is 3.83. The zero-order valence-electron chi connectivity index (χ0n) is 16.3. The number of aryl methyl sites for hydroxylation is 2. The van der Waals surface area contributed by atoms with E-state index in [1.807, 2.05) is 57.2 Å². The third kappa shape index (κ3) is 6.63. The van der Waals surface area contributed by atoms with Crippen LogP contribution in [-0.4, -0.2) is 15.0 Å². The Hall–Kier alpha value is -2.99. The van der Waals surface area contributed by atoms with Crippen LogP contribution in [0.5, 0.6) is 5.75 Å². The highest BCUT2D eigenvalue weighted by Crippen LogP contribution is 2.19. The molecule has 0 aliphatic carbocycles. The second-order valence-corrected chi connectivity index (χ2v) is 7.97. The molecule has 5 nitrogen and oxygen atoms in total. The molecule has 0 bridgehead atoms. The van der Waals surface area contributed by atoms with Gasteiger partial charge in [-0.1, -0.05) is 35.4 Å². The number of hydrogen-bond acceptors (Lipinski definition) is 4. The molecule has 28 heavy (non-hydrogen) atoms. The molecule has 0 spiro atoms. The molecule has 3 aromatic carbocycles. The number of anilines is 2. The van der Waals surface area contributed by atoms with Crippen molar-refractivity contribution in [2.75, 3.05) is 17.1 Å². The van der Waals surface area contributed by atoms with Gasteiger partial charge in [-0.25, -0.2) is 8.42 Å². The summed E-state index contributed by atoms with van der Waals surface area (Å²) in [6.45, 7) is 6.42. The molecule has 0 saturated carbocycles. The number of benzene rings is 3. The molecule has 0 unspecified atom stereocenters. The maximum absolute atomic E-state index is 12.2. The van der Waals surface area contributed by atoms with Crippen molar-refractivity contribution >= 4 is 21.4 Å². The Morgan fingerprint density at radius 2 is 1.32 bits per heavy atom. The summed E-state index contributed by atoms with van der Waals surface area (Å²) in [7, 11) is -3.56. The fourth-order valence-electron chi connectivity index (χ4n) is 2.28. The van der Waals surface area contributed by atoms with E-state index >= 15 is 0 Å². The minimum absolute atomic E-state index is 0.210. The molecule has 0 aliphatic rings. The van der Waals surface area contributed by atoms with Crippen LogP contribution in [0, 0.1) is 13.8 Å². The van der Waals surface area contributed by atoms with Crippen LogP contribution >= 0.6 is 0 Å². The number of hydrogen-bond donors (Lipinski definition) is 2. The minimum atomic E-state index is -3.56.